The second-order valence-electron chi connectivity index (χ2n) is 10.3. The van der Waals surface area contributed by atoms with Crippen LogP contribution in [0.1, 0.15) is 24.8 Å². The lowest BCUT2D eigenvalue weighted by atomic mass is 9.95. The number of nitrogens with one attached hydrogen (secondary N) is 1. The van der Waals surface area contributed by atoms with Crippen molar-refractivity contribution in [3.8, 4) is 29.0 Å². The highest BCUT2D eigenvalue weighted by atomic mass is 35.5. The Hall–Kier alpha value is -3.67. The van der Waals surface area contributed by atoms with Gasteiger partial charge in [0.05, 0.1) is 32.8 Å². The maximum atomic E-state index is 16.5. The Balaban J connectivity index is 1.53. The van der Waals surface area contributed by atoms with Gasteiger partial charge in [-0.2, -0.15) is 15.2 Å². The van der Waals surface area contributed by atoms with E-state index in [2.05, 4.69) is 15.3 Å². The predicted octanol–water partition coefficient (Wildman–Crippen LogP) is 6.23. The molecule has 6 rings (SSSR count). The number of halogens is 6. The van der Waals surface area contributed by atoms with Crippen molar-refractivity contribution in [2.45, 2.75) is 37.4 Å². The first-order valence-corrected chi connectivity index (χ1v) is 14.1. The van der Waals surface area contributed by atoms with Gasteiger partial charge in [-0.1, -0.05) is 17.7 Å². The molecule has 8 nitrogen and oxygen atoms in total. The van der Waals surface area contributed by atoms with E-state index in [1.165, 1.54) is 6.07 Å². The van der Waals surface area contributed by atoms with Crippen LogP contribution >= 0.6 is 22.9 Å². The summed E-state index contributed by atoms with van der Waals surface area (Å²) >= 11 is 7.24. The maximum absolute atomic E-state index is 16.5. The van der Waals surface area contributed by atoms with Gasteiger partial charge in [0.1, 0.15) is 46.8 Å². The van der Waals surface area contributed by atoms with Gasteiger partial charge in [-0.15, -0.1) is 11.3 Å². The van der Waals surface area contributed by atoms with E-state index in [-0.39, 0.29) is 57.0 Å². The summed E-state index contributed by atoms with van der Waals surface area (Å²) in [7, 11) is 0. The molecule has 2 aromatic heterocycles. The van der Waals surface area contributed by atoms with Crippen LogP contribution in [0, 0.1) is 23.0 Å². The van der Waals surface area contributed by atoms with Gasteiger partial charge in [-0.3, -0.25) is 4.90 Å². The predicted molar refractivity (Wildman–Crippen MR) is 149 cm³/mol. The van der Waals surface area contributed by atoms with Crippen LogP contribution in [0.25, 0.3) is 32.1 Å². The lowest BCUT2D eigenvalue weighted by molar-refractivity contribution is 0.107. The molecule has 15 heteroatoms. The summed E-state index contributed by atoms with van der Waals surface area (Å²) in [6.07, 6.45) is -2.13. The first-order valence-electron chi connectivity index (χ1n) is 12.9. The Morgan fingerprint density at radius 3 is 2.83 bits per heavy atom. The molecular weight excluding hydrogens is 603 g/mol. The number of nitrogen functional groups attached to an aromatic ring is 1. The van der Waals surface area contributed by atoms with Gasteiger partial charge in [0.25, 0.3) is 6.43 Å². The molecule has 2 saturated heterocycles. The van der Waals surface area contributed by atoms with Crippen molar-refractivity contribution in [2.24, 2.45) is 0 Å². The van der Waals surface area contributed by atoms with Gasteiger partial charge in [0.15, 0.2) is 5.82 Å². The van der Waals surface area contributed by atoms with Crippen LogP contribution in [0.15, 0.2) is 12.1 Å². The lowest BCUT2D eigenvalue weighted by Gasteiger charge is -2.30. The van der Waals surface area contributed by atoms with Crippen molar-refractivity contribution in [3.63, 3.8) is 0 Å². The van der Waals surface area contributed by atoms with Crippen LogP contribution in [-0.4, -0.2) is 64.4 Å². The normalized spacial score (nSPS) is 20.5. The Bertz CT molecular complexity index is 1780. The fourth-order valence-corrected chi connectivity index (χ4v) is 7.25. The van der Waals surface area contributed by atoms with E-state index in [1.54, 1.807) is 0 Å². The molecule has 2 aliphatic heterocycles. The van der Waals surface area contributed by atoms with Crippen molar-refractivity contribution in [2.75, 3.05) is 37.3 Å². The first-order chi connectivity index (χ1) is 20.0. The van der Waals surface area contributed by atoms with Crippen LogP contribution in [0.2, 0.25) is 5.02 Å². The third-order valence-corrected chi connectivity index (χ3v) is 9.23. The quantitative estimate of drug-likeness (QED) is 0.207. The number of nitriles is 1. The number of benzene rings is 2. The fraction of sp³-hybridized carbons (Fsp3) is 0.370. The standard InChI is InChI=1S/C27H22ClF5N6O2S/c28-19-17(12-2-3-14(30)23-16(12)13(7-34)24(35)42-23)20(33)21-18(22(19)40)25(36-8-15(31)32)38-26(37-21)41-10-27-4-1-5-39(27)9-11(29)6-27/h2-3,11,15,40H,1,4-6,8-10,35H2,(H,36,37,38)/t11?,27-/m0/s1. The van der Waals surface area contributed by atoms with Crippen molar-refractivity contribution in [1.82, 2.24) is 14.9 Å². The SMILES string of the molecule is N#Cc1c(N)sc2c(F)ccc(-c3c(Cl)c(O)c4c(NCC(F)F)nc(OC[C@@]56CCCN5CC(F)C6)nc4c3F)c12. The number of rotatable bonds is 7. The Kier molecular flexibility index (Phi) is 7.15. The van der Waals surface area contributed by atoms with Gasteiger partial charge in [0, 0.05) is 23.9 Å². The molecule has 4 heterocycles. The summed E-state index contributed by atoms with van der Waals surface area (Å²) in [5.41, 5.74) is 4.23. The van der Waals surface area contributed by atoms with Gasteiger partial charge in [-0.25, -0.2) is 22.0 Å². The number of ether oxygens (including phenoxy) is 1. The van der Waals surface area contributed by atoms with Crippen LogP contribution in [0.5, 0.6) is 11.8 Å². The average molecular weight is 625 g/mol. The Morgan fingerprint density at radius 2 is 2.10 bits per heavy atom. The Morgan fingerprint density at radius 1 is 1.31 bits per heavy atom. The zero-order valence-corrected chi connectivity index (χ0v) is 23.2. The lowest BCUT2D eigenvalue weighted by Crippen LogP contribution is -2.43. The number of anilines is 2. The number of aromatic nitrogens is 2. The molecule has 0 aliphatic carbocycles. The number of hydrogen-bond donors (Lipinski definition) is 3. The van der Waals surface area contributed by atoms with E-state index < -0.39 is 64.2 Å². The molecule has 2 aromatic carbocycles. The third-order valence-electron chi connectivity index (χ3n) is 7.83. The molecule has 0 amide bonds. The van der Waals surface area contributed by atoms with Gasteiger partial charge >= 0.3 is 6.01 Å². The molecule has 42 heavy (non-hydrogen) atoms. The number of phenolic OH excluding ortho intramolecular Hbond substituents is 1. The molecule has 0 radical (unpaired) electrons. The summed E-state index contributed by atoms with van der Waals surface area (Å²) in [6.45, 7) is 0.0281. The van der Waals surface area contributed by atoms with Gasteiger partial charge in [-0.05, 0) is 31.0 Å². The van der Waals surface area contributed by atoms with Gasteiger partial charge in [0.2, 0.25) is 0 Å². The highest BCUT2D eigenvalue weighted by Crippen LogP contribution is 2.49. The molecule has 0 spiro atoms. The molecule has 1 unspecified atom stereocenters. The van der Waals surface area contributed by atoms with Crippen molar-refractivity contribution in [3.05, 3.63) is 34.4 Å². The van der Waals surface area contributed by atoms with E-state index in [0.717, 1.165) is 23.8 Å². The van der Waals surface area contributed by atoms with Gasteiger partial charge < -0.3 is 20.9 Å². The molecule has 2 fully saturated rings. The van der Waals surface area contributed by atoms with Crippen LogP contribution < -0.4 is 15.8 Å². The van der Waals surface area contributed by atoms with E-state index in [0.29, 0.717) is 13.0 Å². The number of alkyl halides is 3. The van der Waals surface area contributed by atoms with E-state index in [1.807, 2.05) is 11.0 Å². The molecule has 2 aliphatic rings. The monoisotopic (exact) mass is 624 g/mol. The molecule has 2 atom stereocenters. The number of fused-ring (bicyclic) bond motifs is 3. The fourth-order valence-electron chi connectivity index (χ4n) is 6.03. The van der Waals surface area contributed by atoms with E-state index in [9.17, 15) is 27.9 Å². The van der Waals surface area contributed by atoms with Crippen molar-refractivity contribution >= 4 is 54.7 Å². The molecule has 4 N–H and O–H groups in total. The van der Waals surface area contributed by atoms with E-state index in [4.69, 9.17) is 22.1 Å². The second-order valence-corrected chi connectivity index (χ2v) is 11.7. The summed E-state index contributed by atoms with van der Waals surface area (Å²) in [5.74, 6) is -2.90. The van der Waals surface area contributed by atoms with Crippen LogP contribution in [0.4, 0.5) is 32.8 Å². The smallest absolute Gasteiger partial charge is 0.319 e. The molecule has 0 bridgehead atoms. The average Bonchev–Trinajstić information content (AvgIpc) is 3.59. The first kappa shape index (κ1) is 28.4. The zero-order chi connectivity index (χ0) is 29.9. The second kappa shape index (κ2) is 10.6. The number of hydrogen-bond acceptors (Lipinski definition) is 9. The molecular formula is C27H22ClF5N6O2S. The number of thiophene rings is 1. The summed E-state index contributed by atoms with van der Waals surface area (Å²) in [4.78, 5) is 10.3. The molecule has 0 saturated carbocycles. The minimum atomic E-state index is -2.83. The number of aromatic hydroxyl groups is 1. The number of nitrogens with zero attached hydrogens (tertiary/aromatic N) is 4. The third kappa shape index (κ3) is 4.50. The highest BCUT2D eigenvalue weighted by molar-refractivity contribution is 7.23. The largest absolute Gasteiger partial charge is 0.506 e. The molecule has 220 valence electrons. The summed E-state index contributed by atoms with van der Waals surface area (Å²) < 4.78 is 77.5. The van der Waals surface area contributed by atoms with Crippen molar-refractivity contribution in [1.29, 1.82) is 5.26 Å². The topological polar surface area (TPSA) is 120 Å². The van der Waals surface area contributed by atoms with Crippen LogP contribution in [-0.2, 0) is 0 Å². The summed E-state index contributed by atoms with van der Waals surface area (Å²) in [5, 5.41) is 22.2. The Labute approximate surface area is 244 Å². The number of phenols is 1. The van der Waals surface area contributed by atoms with E-state index >= 15 is 4.39 Å². The minimum Gasteiger partial charge on any atom is -0.506 e. The maximum Gasteiger partial charge on any atom is 0.319 e. The zero-order valence-electron chi connectivity index (χ0n) is 21.7. The van der Waals surface area contributed by atoms with Crippen LogP contribution in [0.3, 0.4) is 0 Å². The van der Waals surface area contributed by atoms with Crippen molar-refractivity contribution < 1.29 is 31.8 Å². The minimum absolute atomic E-state index is 0.000323. The molecule has 4 aromatic rings. The number of nitrogens with two attached hydrogens (primary N) is 1. The summed E-state index contributed by atoms with van der Waals surface area (Å²) in [6, 6.07) is 3.73. The highest BCUT2D eigenvalue weighted by Gasteiger charge is 2.49.